The van der Waals surface area contributed by atoms with Crippen LogP contribution in [0, 0.1) is 0 Å². The Hall–Kier alpha value is -3.39. The first-order valence-corrected chi connectivity index (χ1v) is 12.4. The van der Waals surface area contributed by atoms with Crippen LogP contribution in [0.25, 0.3) is 10.8 Å². The molecular weight excluding hydrogens is 474 g/mol. The van der Waals surface area contributed by atoms with Crippen LogP contribution >= 0.6 is 0 Å². The van der Waals surface area contributed by atoms with Gasteiger partial charge in [-0.05, 0) is 53.9 Å². The number of amides is 1. The number of phenols is 1. The van der Waals surface area contributed by atoms with Crippen molar-refractivity contribution in [2.45, 2.75) is 16.7 Å². The second kappa shape index (κ2) is 9.23. The first-order chi connectivity index (χ1) is 15.4. The molecule has 0 atom stereocenters. The van der Waals surface area contributed by atoms with Gasteiger partial charge in [0.1, 0.15) is 10.6 Å². The van der Waals surface area contributed by atoms with Crippen molar-refractivity contribution in [1.29, 1.82) is 0 Å². The lowest BCUT2D eigenvalue weighted by Gasteiger charge is -2.10. The maximum absolute atomic E-state index is 12.0. The zero-order valence-electron chi connectivity index (χ0n) is 17.1. The molecule has 0 aliphatic rings. The van der Waals surface area contributed by atoms with Gasteiger partial charge in [0.15, 0.2) is 15.6 Å². The van der Waals surface area contributed by atoms with Gasteiger partial charge in [0.05, 0.1) is 22.9 Å². The Balaban J connectivity index is 2.07. The van der Waals surface area contributed by atoms with Gasteiger partial charge in [-0.25, -0.2) is 8.42 Å². The Kier molecular flexibility index (Phi) is 6.78. The van der Waals surface area contributed by atoms with Crippen LogP contribution in [0.3, 0.4) is 0 Å². The third kappa shape index (κ3) is 5.51. The van der Waals surface area contributed by atoms with Crippen LogP contribution in [0.1, 0.15) is 6.92 Å². The summed E-state index contributed by atoms with van der Waals surface area (Å²) < 4.78 is 57.4. The van der Waals surface area contributed by atoms with E-state index in [4.69, 9.17) is 5.11 Å². The van der Waals surface area contributed by atoms with Gasteiger partial charge in [-0.15, -0.1) is 5.11 Å². The maximum atomic E-state index is 12.0. The summed E-state index contributed by atoms with van der Waals surface area (Å²) >= 11 is 0. The molecule has 0 aliphatic heterocycles. The molecule has 0 saturated heterocycles. The highest BCUT2D eigenvalue weighted by molar-refractivity contribution is 7.91. The molecule has 0 spiro atoms. The molecule has 3 rings (SSSR count). The summed E-state index contributed by atoms with van der Waals surface area (Å²) in [6, 6.07) is 10.5. The Labute approximate surface area is 189 Å². The normalized spacial score (nSPS) is 12.3. The number of aliphatic hydroxyl groups is 1. The van der Waals surface area contributed by atoms with E-state index in [1.807, 2.05) is 0 Å². The summed E-state index contributed by atoms with van der Waals surface area (Å²) in [5.41, 5.74) is -0.0321. The van der Waals surface area contributed by atoms with E-state index in [1.165, 1.54) is 49.4 Å². The highest BCUT2D eigenvalue weighted by atomic mass is 32.2. The Bertz CT molecular complexity index is 1470. The molecule has 13 heteroatoms. The van der Waals surface area contributed by atoms with E-state index in [2.05, 4.69) is 15.5 Å². The van der Waals surface area contributed by atoms with Crippen LogP contribution in [0.2, 0.25) is 0 Å². The van der Waals surface area contributed by atoms with Crippen molar-refractivity contribution in [1.82, 2.24) is 0 Å². The number of nitrogens with zero attached hydrogens (tertiary/aromatic N) is 2. The van der Waals surface area contributed by atoms with Gasteiger partial charge in [-0.2, -0.15) is 13.5 Å². The average molecular weight is 494 g/mol. The van der Waals surface area contributed by atoms with Crippen LogP contribution in [0.5, 0.6) is 5.75 Å². The average Bonchev–Trinajstić information content (AvgIpc) is 2.72. The van der Waals surface area contributed by atoms with Crippen molar-refractivity contribution in [3.05, 3.63) is 48.5 Å². The first-order valence-electron chi connectivity index (χ1n) is 9.32. The monoisotopic (exact) mass is 493 g/mol. The molecule has 3 aromatic rings. The number of aromatic hydroxyl groups is 1. The number of sulfone groups is 1. The van der Waals surface area contributed by atoms with Crippen LogP contribution in [0.4, 0.5) is 17.1 Å². The standard InChI is InChI=1S/C20H19N3O8S2/c1-12(25)21-15-4-7-17-13(10-15)11-18(33(29,30)31)19(20(17)26)23-22-14-2-5-16(6-3-14)32(27,28)9-8-24/h2-7,10-11,24,26H,8-9H2,1H3,(H,21,25)(H,29,30,31). The van der Waals surface area contributed by atoms with E-state index in [9.17, 15) is 31.3 Å². The van der Waals surface area contributed by atoms with Crippen molar-refractivity contribution < 1.29 is 36.4 Å². The molecule has 0 heterocycles. The number of hydrogen-bond donors (Lipinski definition) is 4. The molecule has 3 aromatic carbocycles. The van der Waals surface area contributed by atoms with Crippen LogP contribution in [-0.4, -0.2) is 49.9 Å². The third-order valence-corrected chi connectivity index (χ3v) is 7.05. The minimum atomic E-state index is -4.82. The number of benzene rings is 3. The lowest BCUT2D eigenvalue weighted by Crippen LogP contribution is -2.09. The number of anilines is 1. The third-order valence-electron chi connectivity index (χ3n) is 4.47. The van der Waals surface area contributed by atoms with Crippen molar-refractivity contribution >= 4 is 53.7 Å². The van der Waals surface area contributed by atoms with Crippen molar-refractivity contribution in [3.63, 3.8) is 0 Å². The van der Waals surface area contributed by atoms with E-state index in [0.29, 0.717) is 5.69 Å². The zero-order valence-corrected chi connectivity index (χ0v) is 18.8. The zero-order chi connectivity index (χ0) is 24.4. The molecule has 4 N–H and O–H groups in total. The molecule has 0 saturated carbocycles. The number of nitrogens with one attached hydrogen (secondary N) is 1. The molecule has 1 amide bonds. The number of carbonyl (C=O) groups is 1. The van der Waals surface area contributed by atoms with E-state index >= 15 is 0 Å². The molecule has 0 bridgehead atoms. The Morgan fingerprint density at radius 2 is 1.67 bits per heavy atom. The van der Waals surface area contributed by atoms with Crippen molar-refractivity contribution in [2.75, 3.05) is 17.7 Å². The fourth-order valence-corrected chi connectivity index (χ4v) is 4.68. The van der Waals surface area contributed by atoms with Gasteiger partial charge >= 0.3 is 0 Å². The maximum Gasteiger partial charge on any atom is 0.296 e. The van der Waals surface area contributed by atoms with E-state index in [-0.39, 0.29) is 27.3 Å². The molecule has 33 heavy (non-hydrogen) atoms. The number of aliphatic hydroxyl groups excluding tert-OH is 1. The van der Waals surface area contributed by atoms with E-state index in [1.54, 1.807) is 0 Å². The van der Waals surface area contributed by atoms with Gasteiger partial charge in [0.25, 0.3) is 10.1 Å². The number of carbonyl (C=O) groups excluding carboxylic acids is 1. The molecule has 0 aromatic heterocycles. The molecule has 0 aliphatic carbocycles. The van der Waals surface area contributed by atoms with Gasteiger partial charge in [0, 0.05) is 18.0 Å². The van der Waals surface area contributed by atoms with Crippen LogP contribution in [0.15, 0.2) is 68.6 Å². The summed E-state index contributed by atoms with van der Waals surface area (Å²) in [6.45, 7) is 0.763. The minimum absolute atomic E-state index is 0.0438. The number of fused-ring (bicyclic) bond motifs is 1. The quantitative estimate of drug-likeness (QED) is 0.286. The van der Waals surface area contributed by atoms with Gasteiger partial charge in [-0.3, -0.25) is 9.35 Å². The fraction of sp³-hybridized carbons (Fsp3) is 0.150. The second-order valence-corrected chi connectivity index (χ2v) is 10.4. The fourth-order valence-electron chi connectivity index (χ4n) is 2.99. The number of hydrogen-bond acceptors (Lipinski definition) is 9. The molecule has 11 nitrogen and oxygen atoms in total. The van der Waals surface area contributed by atoms with Gasteiger partial charge < -0.3 is 15.5 Å². The summed E-state index contributed by atoms with van der Waals surface area (Å²) in [5.74, 6) is -1.37. The summed E-state index contributed by atoms with van der Waals surface area (Å²) in [7, 11) is -8.49. The summed E-state index contributed by atoms with van der Waals surface area (Å²) in [6.07, 6.45) is 0. The largest absolute Gasteiger partial charge is 0.505 e. The number of rotatable bonds is 7. The Morgan fingerprint density at radius 1 is 1.00 bits per heavy atom. The Morgan fingerprint density at radius 3 is 2.24 bits per heavy atom. The summed E-state index contributed by atoms with van der Waals surface area (Å²) in [5, 5.41) is 30.0. The van der Waals surface area contributed by atoms with Crippen LogP contribution in [-0.2, 0) is 24.7 Å². The highest BCUT2D eigenvalue weighted by Crippen LogP contribution is 2.42. The van der Waals surface area contributed by atoms with Gasteiger partial charge in [-0.1, -0.05) is 0 Å². The molecule has 174 valence electrons. The minimum Gasteiger partial charge on any atom is -0.505 e. The molecule has 0 radical (unpaired) electrons. The van der Waals surface area contributed by atoms with E-state index in [0.717, 1.165) is 6.07 Å². The van der Waals surface area contributed by atoms with Gasteiger partial charge in [0.2, 0.25) is 5.91 Å². The topological polar surface area (TPSA) is 183 Å². The van der Waals surface area contributed by atoms with Crippen molar-refractivity contribution in [2.24, 2.45) is 10.2 Å². The number of phenolic OH excluding ortho intramolecular Hbond substituents is 1. The van der Waals surface area contributed by atoms with Crippen LogP contribution < -0.4 is 5.32 Å². The van der Waals surface area contributed by atoms with Crippen molar-refractivity contribution in [3.8, 4) is 5.75 Å². The van der Waals surface area contributed by atoms with E-state index < -0.39 is 48.6 Å². The first kappa shape index (κ1) is 24.3. The molecule has 0 unspecified atom stereocenters. The molecule has 0 fully saturated rings. The predicted octanol–water partition coefficient (Wildman–Crippen LogP) is 2.93. The number of azo groups is 1. The lowest BCUT2D eigenvalue weighted by atomic mass is 10.1. The predicted molar refractivity (Wildman–Crippen MR) is 119 cm³/mol. The SMILES string of the molecule is CC(=O)Nc1ccc2c(O)c(N=Nc3ccc(S(=O)(=O)CCO)cc3)c(S(=O)(=O)O)cc2c1. The highest BCUT2D eigenvalue weighted by Gasteiger charge is 2.22. The smallest absolute Gasteiger partial charge is 0.296 e. The lowest BCUT2D eigenvalue weighted by molar-refractivity contribution is -0.114. The second-order valence-electron chi connectivity index (χ2n) is 6.90. The molecular formula is C20H19N3O8S2. The summed E-state index contributed by atoms with van der Waals surface area (Å²) in [4.78, 5) is 10.5.